The van der Waals surface area contributed by atoms with Gasteiger partial charge in [-0.15, -0.1) is 0 Å². The second-order valence-corrected chi connectivity index (χ2v) is 8.16. The molecule has 2 heterocycles. The lowest BCUT2D eigenvalue weighted by molar-refractivity contribution is 0.602. The molecular formula is C16H20N4O2S. The molecule has 23 heavy (non-hydrogen) atoms. The Bertz CT molecular complexity index is 821. The average molecular weight is 332 g/mol. The van der Waals surface area contributed by atoms with Gasteiger partial charge < -0.3 is 10.6 Å². The Morgan fingerprint density at radius 3 is 2.70 bits per heavy atom. The van der Waals surface area contributed by atoms with E-state index in [0.29, 0.717) is 18.2 Å². The normalized spacial score (nSPS) is 19.5. The summed E-state index contributed by atoms with van der Waals surface area (Å²) in [7, 11) is -2.90. The highest BCUT2D eigenvalue weighted by atomic mass is 32.2. The summed E-state index contributed by atoms with van der Waals surface area (Å²) < 4.78 is 23.0. The third kappa shape index (κ3) is 3.98. The maximum atomic E-state index is 11.5. The van der Waals surface area contributed by atoms with E-state index in [9.17, 15) is 8.42 Å². The van der Waals surface area contributed by atoms with Crippen LogP contribution in [0.1, 0.15) is 17.5 Å². The number of rotatable bonds is 4. The first-order valence-electron chi connectivity index (χ1n) is 7.55. The number of hydrogen-bond donors (Lipinski definition) is 2. The molecule has 0 amide bonds. The third-order valence-electron chi connectivity index (χ3n) is 4.00. The van der Waals surface area contributed by atoms with Gasteiger partial charge in [-0.25, -0.2) is 13.4 Å². The van der Waals surface area contributed by atoms with Crippen molar-refractivity contribution in [2.45, 2.75) is 26.3 Å². The fourth-order valence-electron chi connectivity index (χ4n) is 2.57. The molecule has 0 spiro atoms. The van der Waals surface area contributed by atoms with E-state index < -0.39 is 9.84 Å². The van der Waals surface area contributed by atoms with Crippen LogP contribution in [0.25, 0.3) is 0 Å². The second kappa shape index (κ2) is 6.16. The van der Waals surface area contributed by atoms with Crippen LogP contribution in [-0.4, -0.2) is 35.9 Å². The maximum Gasteiger partial charge on any atom is 0.229 e. The van der Waals surface area contributed by atoms with Crippen molar-refractivity contribution in [2.24, 2.45) is 0 Å². The Morgan fingerprint density at radius 2 is 2.00 bits per heavy atom. The van der Waals surface area contributed by atoms with Crippen molar-refractivity contribution in [3.63, 3.8) is 0 Å². The fraction of sp³-hybridized carbons (Fsp3) is 0.375. The van der Waals surface area contributed by atoms with Gasteiger partial charge in [0.05, 0.1) is 11.5 Å². The SMILES string of the molecule is Cc1ccc(Nc2nccc(NC3CCS(=O)(=O)C3)n2)cc1C. The highest BCUT2D eigenvalue weighted by Gasteiger charge is 2.27. The standard InChI is InChI=1S/C16H20N4O2S/c1-11-3-4-13(9-12(11)2)19-16-17-7-5-15(20-16)18-14-6-8-23(21,22)10-14/h3-5,7,9,14H,6,8,10H2,1-2H3,(H2,17,18,19,20). The molecule has 0 bridgehead atoms. The zero-order chi connectivity index (χ0) is 16.4. The average Bonchev–Trinajstić information content (AvgIpc) is 2.82. The number of hydrogen-bond acceptors (Lipinski definition) is 6. The Morgan fingerprint density at radius 1 is 1.17 bits per heavy atom. The number of nitrogens with zero attached hydrogens (tertiary/aromatic N) is 2. The first-order chi connectivity index (χ1) is 10.9. The second-order valence-electron chi connectivity index (χ2n) is 5.93. The van der Waals surface area contributed by atoms with Crippen LogP contribution in [0.2, 0.25) is 0 Å². The van der Waals surface area contributed by atoms with Crippen molar-refractivity contribution in [1.29, 1.82) is 0 Å². The van der Waals surface area contributed by atoms with E-state index in [1.54, 1.807) is 12.3 Å². The molecule has 0 saturated carbocycles. The molecule has 2 aromatic rings. The molecule has 1 unspecified atom stereocenters. The molecule has 0 aliphatic carbocycles. The Kier molecular flexibility index (Phi) is 4.21. The lowest BCUT2D eigenvalue weighted by Gasteiger charge is -2.13. The van der Waals surface area contributed by atoms with Crippen LogP contribution in [0.15, 0.2) is 30.5 Å². The van der Waals surface area contributed by atoms with Gasteiger partial charge in [0.25, 0.3) is 0 Å². The van der Waals surface area contributed by atoms with Gasteiger partial charge in [0, 0.05) is 17.9 Å². The van der Waals surface area contributed by atoms with Gasteiger partial charge >= 0.3 is 0 Å². The van der Waals surface area contributed by atoms with E-state index in [-0.39, 0.29) is 17.5 Å². The smallest absolute Gasteiger partial charge is 0.229 e. The van der Waals surface area contributed by atoms with Crippen molar-refractivity contribution >= 4 is 27.3 Å². The summed E-state index contributed by atoms with van der Waals surface area (Å²) in [6, 6.07) is 7.74. The molecule has 6 nitrogen and oxygen atoms in total. The molecule has 1 saturated heterocycles. The van der Waals surface area contributed by atoms with Crippen LogP contribution < -0.4 is 10.6 Å². The zero-order valence-electron chi connectivity index (χ0n) is 13.2. The zero-order valence-corrected chi connectivity index (χ0v) is 14.0. The lowest BCUT2D eigenvalue weighted by atomic mass is 10.1. The molecule has 1 aliphatic heterocycles. The van der Waals surface area contributed by atoms with Crippen LogP contribution in [0.4, 0.5) is 17.5 Å². The first-order valence-corrected chi connectivity index (χ1v) is 9.38. The highest BCUT2D eigenvalue weighted by molar-refractivity contribution is 7.91. The van der Waals surface area contributed by atoms with E-state index in [4.69, 9.17) is 0 Å². The van der Waals surface area contributed by atoms with Crippen LogP contribution in [0.5, 0.6) is 0 Å². The Balaban J connectivity index is 1.71. The van der Waals surface area contributed by atoms with Gasteiger partial charge in [-0.05, 0) is 49.6 Å². The minimum absolute atomic E-state index is 0.0793. The largest absolute Gasteiger partial charge is 0.366 e. The molecule has 122 valence electrons. The number of sulfone groups is 1. The van der Waals surface area contributed by atoms with Gasteiger partial charge in [-0.3, -0.25) is 0 Å². The minimum Gasteiger partial charge on any atom is -0.366 e. The molecular weight excluding hydrogens is 312 g/mol. The Hall–Kier alpha value is -2.15. The number of aryl methyl sites for hydroxylation is 2. The molecule has 1 aromatic carbocycles. The quantitative estimate of drug-likeness (QED) is 0.894. The Labute approximate surface area is 136 Å². The number of nitrogens with one attached hydrogen (secondary N) is 2. The minimum atomic E-state index is -2.90. The van der Waals surface area contributed by atoms with E-state index in [2.05, 4.69) is 34.4 Å². The molecule has 1 aromatic heterocycles. The topological polar surface area (TPSA) is 84.0 Å². The van der Waals surface area contributed by atoms with Crippen molar-refractivity contribution in [3.8, 4) is 0 Å². The van der Waals surface area contributed by atoms with Gasteiger partial charge in [0.1, 0.15) is 5.82 Å². The van der Waals surface area contributed by atoms with E-state index in [1.165, 1.54) is 11.1 Å². The summed E-state index contributed by atoms with van der Waals surface area (Å²) >= 11 is 0. The van der Waals surface area contributed by atoms with E-state index in [0.717, 1.165) is 5.69 Å². The summed E-state index contributed by atoms with van der Waals surface area (Å²) in [6.45, 7) is 4.12. The summed E-state index contributed by atoms with van der Waals surface area (Å²) in [5.74, 6) is 1.52. The molecule has 7 heteroatoms. The number of benzene rings is 1. The van der Waals surface area contributed by atoms with Crippen LogP contribution in [0, 0.1) is 13.8 Å². The number of aromatic nitrogens is 2. The molecule has 0 radical (unpaired) electrons. The molecule has 1 atom stereocenters. The number of anilines is 3. The molecule has 1 aliphatic rings. The predicted molar refractivity (Wildman–Crippen MR) is 91.9 cm³/mol. The summed E-state index contributed by atoms with van der Waals surface area (Å²) in [4.78, 5) is 8.61. The monoisotopic (exact) mass is 332 g/mol. The van der Waals surface area contributed by atoms with Crippen molar-refractivity contribution < 1.29 is 8.42 Å². The summed E-state index contributed by atoms with van der Waals surface area (Å²) in [6.07, 6.45) is 2.27. The maximum absolute atomic E-state index is 11.5. The predicted octanol–water partition coefficient (Wildman–Crippen LogP) is 2.44. The van der Waals surface area contributed by atoms with Gasteiger partial charge in [-0.1, -0.05) is 6.07 Å². The molecule has 2 N–H and O–H groups in total. The van der Waals surface area contributed by atoms with E-state index >= 15 is 0 Å². The van der Waals surface area contributed by atoms with Crippen LogP contribution >= 0.6 is 0 Å². The molecule has 3 rings (SSSR count). The third-order valence-corrected chi connectivity index (χ3v) is 5.77. The van der Waals surface area contributed by atoms with E-state index in [1.807, 2.05) is 18.2 Å². The first kappa shape index (κ1) is 15.7. The highest BCUT2D eigenvalue weighted by Crippen LogP contribution is 2.20. The summed E-state index contributed by atoms with van der Waals surface area (Å²) in [5.41, 5.74) is 3.35. The fourth-order valence-corrected chi connectivity index (χ4v) is 4.24. The van der Waals surface area contributed by atoms with Gasteiger partial charge in [0.15, 0.2) is 9.84 Å². The van der Waals surface area contributed by atoms with Crippen molar-refractivity contribution in [3.05, 3.63) is 41.6 Å². The van der Waals surface area contributed by atoms with Gasteiger partial charge in [0.2, 0.25) is 5.95 Å². The summed E-state index contributed by atoms with van der Waals surface area (Å²) in [5, 5.41) is 6.35. The van der Waals surface area contributed by atoms with Crippen molar-refractivity contribution in [1.82, 2.24) is 9.97 Å². The van der Waals surface area contributed by atoms with Crippen LogP contribution in [-0.2, 0) is 9.84 Å². The molecule has 1 fully saturated rings. The van der Waals surface area contributed by atoms with Crippen LogP contribution in [0.3, 0.4) is 0 Å². The van der Waals surface area contributed by atoms with Gasteiger partial charge in [-0.2, -0.15) is 4.98 Å². The lowest BCUT2D eigenvalue weighted by Crippen LogP contribution is -2.21. The van der Waals surface area contributed by atoms with Crippen molar-refractivity contribution in [2.75, 3.05) is 22.1 Å².